The highest BCUT2D eigenvalue weighted by molar-refractivity contribution is 5.76. The third-order valence-electron chi connectivity index (χ3n) is 5.98. The fraction of sp³-hybridized carbons (Fsp3) is 0.360. The molecule has 1 amide bonds. The van der Waals surface area contributed by atoms with E-state index in [-0.39, 0.29) is 5.91 Å². The minimum Gasteiger partial charge on any atom is -0.355 e. The number of amides is 1. The van der Waals surface area contributed by atoms with Crippen LogP contribution in [0.4, 0.5) is 0 Å². The highest BCUT2D eigenvalue weighted by Crippen LogP contribution is 2.21. The summed E-state index contributed by atoms with van der Waals surface area (Å²) in [6.45, 7) is 4.95. The standard InChI is InChI=1S/C25H30N4O/c1-2-23(28-15-14-21-8-6-7-9-22(21)19-28)17-26-25(30)13-12-20-16-27-29(18-20)24-10-4-3-5-11-24/h3-11,16,18,23H,2,12-15,17,19H2,1H3,(H,26,30). The number of carbonyl (C=O) groups is 1. The van der Waals surface area contributed by atoms with E-state index in [1.165, 1.54) is 11.1 Å². The molecule has 1 aromatic heterocycles. The van der Waals surface area contributed by atoms with E-state index in [1.54, 1.807) is 0 Å². The van der Waals surface area contributed by atoms with Gasteiger partial charge in [-0.3, -0.25) is 9.69 Å². The van der Waals surface area contributed by atoms with E-state index in [0.717, 1.165) is 37.2 Å². The molecule has 4 rings (SSSR count). The van der Waals surface area contributed by atoms with Crippen LogP contribution < -0.4 is 5.32 Å². The van der Waals surface area contributed by atoms with Crippen molar-refractivity contribution in [3.05, 3.63) is 83.7 Å². The van der Waals surface area contributed by atoms with Crippen molar-refractivity contribution in [1.29, 1.82) is 0 Å². The van der Waals surface area contributed by atoms with E-state index >= 15 is 0 Å². The van der Waals surface area contributed by atoms with Crippen LogP contribution in [0.3, 0.4) is 0 Å². The number of nitrogens with one attached hydrogen (secondary N) is 1. The van der Waals surface area contributed by atoms with Gasteiger partial charge in [0.05, 0.1) is 11.9 Å². The van der Waals surface area contributed by atoms with Crippen LogP contribution in [0.5, 0.6) is 0 Å². The molecule has 1 N–H and O–H groups in total. The maximum Gasteiger partial charge on any atom is 0.220 e. The molecule has 1 aliphatic heterocycles. The molecule has 156 valence electrons. The molecule has 2 aromatic carbocycles. The van der Waals surface area contributed by atoms with Crippen molar-refractivity contribution >= 4 is 5.91 Å². The molecule has 0 spiro atoms. The largest absolute Gasteiger partial charge is 0.355 e. The Morgan fingerprint density at radius 2 is 1.87 bits per heavy atom. The molecule has 30 heavy (non-hydrogen) atoms. The predicted molar refractivity (Wildman–Crippen MR) is 120 cm³/mol. The molecule has 1 unspecified atom stereocenters. The third-order valence-corrected chi connectivity index (χ3v) is 5.98. The molecule has 5 heteroatoms. The summed E-state index contributed by atoms with van der Waals surface area (Å²) in [6.07, 6.45) is 7.16. The van der Waals surface area contributed by atoms with Crippen molar-refractivity contribution in [1.82, 2.24) is 20.0 Å². The first kappa shape index (κ1) is 20.4. The number of hydrogen-bond acceptors (Lipinski definition) is 3. The minimum absolute atomic E-state index is 0.110. The zero-order chi connectivity index (χ0) is 20.8. The predicted octanol–water partition coefficient (Wildman–Crippen LogP) is 3.76. The second-order valence-electron chi connectivity index (χ2n) is 7.98. The monoisotopic (exact) mass is 402 g/mol. The number of nitrogens with zero attached hydrogens (tertiary/aromatic N) is 3. The summed E-state index contributed by atoms with van der Waals surface area (Å²) in [4.78, 5) is 14.9. The van der Waals surface area contributed by atoms with Gasteiger partial charge in [-0.1, -0.05) is 49.4 Å². The Bertz CT molecular complexity index is 966. The van der Waals surface area contributed by atoms with Crippen molar-refractivity contribution in [2.75, 3.05) is 13.1 Å². The Morgan fingerprint density at radius 3 is 2.67 bits per heavy atom. The summed E-state index contributed by atoms with van der Waals surface area (Å²) in [7, 11) is 0. The van der Waals surface area contributed by atoms with Gasteiger partial charge >= 0.3 is 0 Å². The van der Waals surface area contributed by atoms with Gasteiger partial charge < -0.3 is 5.32 Å². The molecule has 3 aromatic rings. The van der Waals surface area contributed by atoms with E-state index in [0.29, 0.717) is 25.4 Å². The first-order chi connectivity index (χ1) is 14.7. The quantitative estimate of drug-likeness (QED) is 0.624. The first-order valence-corrected chi connectivity index (χ1v) is 10.9. The van der Waals surface area contributed by atoms with E-state index in [2.05, 4.69) is 46.5 Å². The Kier molecular flexibility index (Phi) is 6.60. The van der Waals surface area contributed by atoms with Gasteiger partial charge in [0.1, 0.15) is 0 Å². The van der Waals surface area contributed by atoms with Crippen LogP contribution in [-0.4, -0.2) is 39.7 Å². The fourth-order valence-electron chi connectivity index (χ4n) is 4.15. The molecule has 5 nitrogen and oxygen atoms in total. The molecule has 1 aliphatic rings. The lowest BCUT2D eigenvalue weighted by molar-refractivity contribution is -0.121. The van der Waals surface area contributed by atoms with Crippen LogP contribution in [0.2, 0.25) is 0 Å². The summed E-state index contributed by atoms with van der Waals surface area (Å²) >= 11 is 0. The van der Waals surface area contributed by atoms with Crippen molar-refractivity contribution in [3.63, 3.8) is 0 Å². The molecule has 0 fully saturated rings. The lowest BCUT2D eigenvalue weighted by atomic mass is 9.98. The number of fused-ring (bicyclic) bond motifs is 1. The smallest absolute Gasteiger partial charge is 0.220 e. The van der Waals surface area contributed by atoms with Crippen molar-refractivity contribution in [3.8, 4) is 5.69 Å². The summed E-state index contributed by atoms with van der Waals surface area (Å²) in [6, 6.07) is 19.1. The van der Waals surface area contributed by atoms with Gasteiger partial charge in [0.2, 0.25) is 5.91 Å². The SMILES string of the molecule is CCC(CNC(=O)CCc1cnn(-c2ccccc2)c1)N1CCc2ccccc2C1. The van der Waals surface area contributed by atoms with Crippen LogP contribution in [0, 0.1) is 0 Å². The second-order valence-corrected chi connectivity index (χ2v) is 7.98. The van der Waals surface area contributed by atoms with Crippen LogP contribution in [0.25, 0.3) is 5.69 Å². The molecular formula is C25H30N4O. The lowest BCUT2D eigenvalue weighted by Gasteiger charge is -2.35. The summed E-state index contributed by atoms with van der Waals surface area (Å²) in [5, 5.41) is 7.57. The van der Waals surface area contributed by atoms with Gasteiger partial charge in [-0.25, -0.2) is 4.68 Å². The number of para-hydroxylation sites is 1. The molecule has 0 saturated carbocycles. The van der Waals surface area contributed by atoms with E-state index in [1.807, 2.05) is 47.4 Å². The van der Waals surface area contributed by atoms with Gasteiger partial charge in [0, 0.05) is 38.3 Å². The van der Waals surface area contributed by atoms with Gasteiger partial charge in [0.15, 0.2) is 0 Å². The van der Waals surface area contributed by atoms with E-state index in [9.17, 15) is 4.79 Å². The number of carbonyl (C=O) groups excluding carboxylic acids is 1. The lowest BCUT2D eigenvalue weighted by Crippen LogP contribution is -2.45. The van der Waals surface area contributed by atoms with E-state index in [4.69, 9.17) is 0 Å². The van der Waals surface area contributed by atoms with Crippen LogP contribution in [-0.2, 0) is 24.2 Å². The Morgan fingerprint density at radius 1 is 1.10 bits per heavy atom. The van der Waals surface area contributed by atoms with Crippen LogP contribution in [0.15, 0.2) is 67.0 Å². The zero-order valence-corrected chi connectivity index (χ0v) is 17.6. The van der Waals surface area contributed by atoms with Crippen molar-refractivity contribution in [2.24, 2.45) is 0 Å². The number of benzene rings is 2. The van der Waals surface area contributed by atoms with Crippen molar-refractivity contribution in [2.45, 2.75) is 45.2 Å². The Labute approximate surface area is 178 Å². The number of aryl methyl sites for hydroxylation is 1. The molecule has 0 aliphatic carbocycles. The molecule has 2 heterocycles. The van der Waals surface area contributed by atoms with Crippen LogP contribution in [0.1, 0.15) is 36.5 Å². The Hall–Kier alpha value is -2.92. The minimum atomic E-state index is 0.110. The molecular weight excluding hydrogens is 372 g/mol. The molecule has 0 saturated heterocycles. The highest BCUT2D eigenvalue weighted by atomic mass is 16.1. The highest BCUT2D eigenvalue weighted by Gasteiger charge is 2.22. The average Bonchev–Trinajstić information content (AvgIpc) is 3.28. The summed E-state index contributed by atoms with van der Waals surface area (Å²) < 4.78 is 1.86. The number of rotatable bonds is 8. The normalized spacial score (nSPS) is 14.8. The zero-order valence-electron chi connectivity index (χ0n) is 17.6. The molecule has 1 atom stereocenters. The first-order valence-electron chi connectivity index (χ1n) is 10.9. The van der Waals surface area contributed by atoms with E-state index < -0.39 is 0 Å². The van der Waals surface area contributed by atoms with Gasteiger partial charge in [0.25, 0.3) is 0 Å². The average molecular weight is 403 g/mol. The van der Waals surface area contributed by atoms with Crippen molar-refractivity contribution < 1.29 is 4.79 Å². The molecule has 0 radical (unpaired) electrons. The fourth-order valence-corrected chi connectivity index (χ4v) is 4.15. The van der Waals surface area contributed by atoms with Gasteiger partial charge in [-0.05, 0) is 48.1 Å². The van der Waals surface area contributed by atoms with Gasteiger partial charge in [-0.2, -0.15) is 5.10 Å². The maximum atomic E-state index is 12.4. The number of aromatic nitrogens is 2. The maximum absolute atomic E-state index is 12.4. The second kappa shape index (κ2) is 9.72. The number of hydrogen-bond donors (Lipinski definition) is 1. The van der Waals surface area contributed by atoms with Crippen LogP contribution >= 0.6 is 0 Å². The summed E-state index contributed by atoms with van der Waals surface area (Å²) in [5.74, 6) is 0.110. The Balaban J connectivity index is 1.25. The molecule has 0 bridgehead atoms. The summed E-state index contributed by atoms with van der Waals surface area (Å²) in [5.41, 5.74) is 4.99. The van der Waals surface area contributed by atoms with Gasteiger partial charge in [-0.15, -0.1) is 0 Å². The topological polar surface area (TPSA) is 50.2 Å². The third kappa shape index (κ3) is 4.97.